The molecule has 0 radical (unpaired) electrons. The Hall–Kier alpha value is -7.25. The molecule has 0 spiro atoms. The van der Waals surface area contributed by atoms with E-state index >= 15 is 0 Å². The van der Waals surface area contributed by atoms with Crippen LogP contribution in [0.1, 0.15) is 0 Å². The van der Waals surface area contributed by atoms with Gasteiger partial charge in [-0.3, -0.25) is 4.57 Å². The van der Waals surface area contributed by atoms with Crippen molar-refractivity contribution in [2.75, 3.05) is 0 Å². The molecule has 0 unspecified atom stereocenters. The summed E-state index contributed by atoms with van der Waals surface area (Å²) in [5.74, 6) is 1.46. The summed E-state index contributed by atoms with van der Waals surface area (Å²) in [6.07, 6.45) is 0. The Bertz CT molecular complexity index is 3300. The number of hydrogen-bond donors (Lipinski definition) is 0. The minimum Gasteiger partial charge on any atom is -0.455 e. The number of para-hydroxylation sites is 6. The first-order valence-electron chi connectivity index (χ1n) is 17.2. The summed E-state index contributed by atoms with van der Waals surface area (Å²) in [5.41, 5.74) is 8.18. The van der Waals surface area contributed by atoms with Crippen LogP contribution in [0.3, 0.4) is 0 Å². The molecule has 12 rings (SSSR count). The van der Waals surface area contributed by atoms with Gasteiger partial charge in [-0.05, 0) is 48.5 Å². The van der Waals surface area contributed by atoms with Gasteiger partial charge in [0.2, 0.25) is 5.95 Å². The normalized spacial score (nSPS) is 12.2. The third kappa shape index (κ3) is 3.71. The molecule has 0 fully saturated rings. The van der Waals surface area contributed by atoms with Crippen LogP contribution in [-0.2, 0) is 0 Å². The highest BCUT2D eigenvalue weighted by Gasteiger charge is 2.24. The predicted molar refractivity (Wildman–Crippen MR) is 207 cm³/mol. The first-order chi connectivity index (χ1) is 25.8. The van der Waals surface area contributed by atoms with Crippen LogP contribution in [0.2, 0.25) is 0 Å². The lowest BCUT2D eigenvalue weighted by Gasteiger charge is -2.11. The van der Waals surface area contributed by atoms with Crippen molar-refractivity contribution in [1.29, 1.82) is 0 Å². The van der Waals surface area contributed by atoms with Crippen molar-refractivity contribution in [3.63, 3.8) is 0 Å². The summed E-state index contributed by atoms with van der Waals surface area (Å²) in [6, 6.07) is 49.2. The lowest BCUT2D eigenvalue weighted by Crippen LogP contribution is -2.06. The van der Waals surface area contributed by atoms with E-state index < -0.39 is 0 Å². The summed E-state index contributed by atoms with van der Waals surface area (Å²) in [5, 5.41) is 8.28. The van der Waals surface area contributed by atoms with E-state index in [1.54, 1.807) is 0 Å². The lowest BCUT2D eigenvalue weighted by atomic mass is 10.1. The Morgan fingerprint density at radius 2 is 0.808 bits per heavy atom. The fraction of sp³-hybridized carbons (Fsp3) is 0. The van der Waals surface area contributed by atoms with Crippen LogP contribution in [0.15, 0.2) is 159 Å². The molecule has 5 heterocycles. The molecule has 242 valence electrons. The Balaban J connectivity index is 1.20. The molecule has 0 bridgehead atoms. The zero-order valence-corrected chi connectivity index (χ0v) is 27.4. The molecule has 5 aromatic heterocycles. The smallest absolute Gasteiger partial charge is 0.238 e. The summed E-state index contributed by atoms with van der Waals surface area (Å²) in [4.78, 5) is 15.7. The number of nitrogens with zero attached hydrogens (tertiary/aromatic N) is 4. The molecular formula is C45H24N4O3. The Kier molecular flexibility index (Phi) is 5.38. The summed E-state index contributed by atoms with van der Waals surface area (Å²) >= 11 is 0. The lowest BCUT2D eigenvalue weighted by molar-refractivity contribution is 0.669. The van der Waals surface area contributed by atoms with Gasteiger partial charge in [0.1, 0.15) is 33.5 Å². The van der Waals surface area contributed by atoms with Crippen molar-refractivity contribution in [3.8, 4) is 28.7 Å². The minimum atomic E-state index is 0.475. The van der Waals surface area contributed by atoms with E-state index in [0.29, 0.717) is 17.6 Å². The second-order valence-corrected chi connectivity index (χ2v) is 13.1. The van der Waals surface area contributed by atoms with E-state index in [1.807, 2.05) is 84.9 Å². The van der Waals surface area contributed by atoms with Crippen molar-refractivity contribution in [2.24, 2.45) is 0 Å². The monoisotopic (exact) mass is 668 g/mol. The molecule has 0 saturated carbocycles. The van der Waals surface area contributed by atoms with Crippen molar-refractivity contribution in [2.45, 2.75) is 0 Å². The summed E-state index contributed by atoms with van der Waals surface area (Å²) in [7, 11) is 0. The van der Waals surface area contributed by atoms with Crippen molar-refractivity contribution >= 4 is 87.6 Å². The molecule has 0 amide bonds. The highest BCUT2D eigenvalue weighted by molar-refractivity contribution is 6.23. The minimum absolute atomic E-state index is 0.475. The van der Waals surface area contributed by atoms with E-state index in [2.05, 4.69) is 65.2 Å². The molecule has 0 saturated heterocycles. The van der Waals surface area contributed by atoms with Gasteiger partial charge >= 0.3 is 0 Å². The van der Waals surface area contributed by atoms with Gasteiger partial charge in [-0.1, -0.05) is 97.1 Å². The maximum absolute atomic E-state index is 6.57. The van der Waals surface area contributed by atoms with Gasteiger partial charge in [0.25, 0.3) is 0 Å². The fourth-order valence-corrected chi connectivity index (χ4v) is 8.00. The van der Waals surface area contributed by atoms with Crippen molar-refractivity contribution in [3.05, 3.63) is 146 Å². The maximum atomic E-state index is 6.57. The van der Waals surface area contributed by atoms with Gasteiger partial charge in [0, 0.05) is 37.7 Å². The van der Waals surface area contributed by atoms with Crippen LogP contribution in [0.5, 0.6) is 0 Å². The predicted octanol–water partition coefficient (Wildman–Crippen LogP) is 12.0. The van der Waals surface area contributed by atoms with Gasteiger partial charge in [0.15, 0.2) is 11.6 Å². The van der Waals surface area contributed by atoms with E-state index in [-0.39, 0.29) is 0 Å². The van der Waals surface area contributed by atoms with Gasteiger partial charge in [-0.2, -0.15) is 9.97 Å². The molecular weight excluding hydrogens is 645 g/mol. The number of benzene rings is 7. The first-order valence-corrected chi connectivity index (χ1v) is 17.2. The number of hydrogen-bond acceptors (Lipinski definition) is 6. The molecule has 52 heavy (non-hydrogen) atoms. The average molecular weight is 669 g/mol. The van der Waals surface area contributed by atoms with E-state index in [4.69, 9.17) is 28.2 Å². The van der Waals surface area contributed by atoms with Crippen LogP contribution in [0.4, 0.5) is 0 Å². The molecule has 0 aliphatic carbocycles. The molecule has 7 aromatic carbocycles. The van der Waals surface area contributed by atoms with Crippen LogP contribution >= 0.6 is 0 Å². The molecule has 0 aliphatic heterocycles. The van der Waals surface area contributed by atoms with Crippen molar-refractivity contribution in [1.82, 2.24) is 19.5 Å². The standard InChI is InChI=1S/C45H24N4O3/c1-5-19-34-31(14-1)39-35(24-23-30-27-13-4-8-22-38(27)52-42(30)39)49(34)45-47-43(32-17-9-15-28-25-11-2-6-20-36(25)50-40(28)32)46-44(48-45)33-18-10-16-29-26-12-3-7-21-37(26)51-41(29)33/h1-24H. The Morgan fingerprint density at radius 3 is 1.38 bits per heavy atom. The highest BCUT2D eigenvalue weighted by Crippen LogP contribution is 2.42. The Labute approximate surface area is 294 Å². The number of fused-ring (bicyclic) bond motifs is 13. The fourth-order valence-electron chi connectivity index (χ4n) is 8.00. The van der Waals surface area contributed by atoms with Gasteiger partial charge in [-0.15, -0.1) is 0 Å². The van der Waals surface area contributed by atoms with Crippen LogP contribution < -0.4 is 0 Å². The van der Waals surface area contributed by atoms with Gasteiger partial charge in [0.05, 0.1) is 27.5 Å². The van der Waals surface area contributed by atoms with Crippen LogP contribution in [0, 0.1) is 0 Å². The van der Waals surface area contributed by atoms with Crippen LogP contribution in [0.25, 0.3) is 116 Å². The Morgan fingerprint density at radius 1 is 0.346 bits per heavy atom. The SMILES string of the molecule is c1ccc2c(c1)oc1c(-c3nc(-c4cccc5c4oc4ccccc45)nc(-n4c5ccccc5c5c6oc7ccccc7c6ccc54)n3)cccc12. The summed E-state index contributed by atoms with van der Waals surface area (Å²) in [6.45, 7) is 0. The third-order valence-corrected chi connectivity index (χ3v) is 10.3. The van der Waals surface area contributed by atoms with E-state index in [9.17, 15) is 0 Å². The second-order valence-electron chi connectivity index (χ2n) is 13.1. The number of furan rings is 3. The quantitative estimate of drug-likeness (QED) is 0.186. The highest BCUT2D eigenvalue weighted by atomic mass is 16.3. The largest absolute Gasteiger partial charge is 0.455 e. The zero-order valence-electron chi connectivity index (χ0n) is 27.4. The molecule has 7 nitrogen and oxygen atoms in total. The zero-order chi connectivity index (χ0) is 33.9. The van der Waals surface area contributed by atoms with Gasteiger partial charge in [-0.25, -0.2) is 4.98 Å². The molecule has 0 aliphatic rings. The maximum Gasteiger partial charge on any atom is 0.238 e. The van der Waals surface area contributed by atoms with E-state index in [0.717, 1.165) is 98.7 Å². The molecule has 0 atom stereocenters. The van der Waals surface area contributed by atoms with Crippen molar-refractivity contribution < 1.29 is 13.3 Å². The molecule has 0 N–H and O–H groups in total. The first kappa shape index (κ1) is 27.6. The number of aromatic nitrogens is 4. The summed E-state index contributed by atoms with van der Waals surface area (Å²) < 4.78 is 21.7. The topological polar surface area (TPSA) is 83.0 Å². The number of rotatable bonds is 3. The third-order valence-electron chi connectivity index (χ3n) is 10.3. The molecule has 7 heteroatoms. The average Bonchev–Trinajstić information content (AvgIpc) is 3.96. The molecule has 12 aromatic rings. The second kappa shape index (κ2) is 10.2. The van der Waals surface area contributed by atoms with Gasteiger partial charge < -0.3 is 13.3 Å². The van der Waals surface area contributed by atoms with E-state index in [1.165, 1.54) is 0 Å². The van der Waals surface area contributed by atoms with Crippen LogP contribution in [-0.4, -0.2) is 19.5 Å².